The minimum absolute atomic E-state index is 0.0509. The van der Waals surface area contributed by atoms with E-state index in [-0.39, 0.29) is 31.4 Å². The van der Waals surface area contributed by atoms with E-state index in [2.05, 4.69) is 17.2 Å². The molecule has 10 heteroatoms. The lowest BCUT2D eigenvalue weighted by Crippen LogP contribution is -2.43. The first-order chi connectivity index (χ1) is 19.8. The van der Waals surface area contributed by atoms with Crippen LogP contribution in [0.4, 0.5) is 0 Å². The number of esters is 1. The lowest BCUT2D eigenvalue weighted by Gasteiger charge is -2.22. The molecule has 0 fully saturated rings. The third-order valence-corrected chi connectivity index (χ3v) is 6.72. The molecule has 226 valence electrons. The van der Waals surface area contributed by atoms with Gasteiger partial charge in [-0.05, 0) is 44.2 Å². The van der Waals surface area contributed by atoms with Crippen LogP contribution >= 0.6 is 0 Å². The van der Waals surface area contributed by atoms with E-state index in [1.54, 1.807) is 18.2 Å². The molecule has 0 aliphatic rings. The van der Waals surface area contributed by atoms with Crippen LogP contribution in [0.25, 0.3) is 10.9 Å². The number of amides is 2. The summed E-state index contributed by atoms with van der Waals surface area (Å²) in [4.78, 5) is 53.1. The minimum atomic E-state index is -1.11. The molecule has 0 saturated carbocycles. The molecule has 4 N–H and O–H groups in total. The maximum Gasteiger partial charge on any atom is 0.328 e. The number of carboxylic acids is 1. The molecule has 10 nitrogen and oxygen atoms in total. The highest BCUT2D eigenvalue weighted by molar-refractivity contribution is 5.97. The number of ether oxygens (including phenoxy) is 2. The summed E-state index contributed by atoms with van der Waals surface area (Å²) in [7, 11) is 0. The van der Waals surface area contributed by atoms with E-state index >= 15 is 0 Å². The number of hydrogen-bond acceptors (Lipinski definition) is 7. The largest absolute Gasteiger partial charge is 0.481 e. The fourth-order valence-electron chi connectivity index (χ4n) is 4.48. The Hall–Kier alpha value is -3.53. The van der Waals surface area contributed by atoms with Crippen molar-refractivity contribution in [3.05, 3.63) is 42.1 Å². The number of unbranched alkanes of at least 4 members (excludes halogenated alkanes) is 6. The van der Waals surface area contributed by atoms with Crippen LogP contribution in [-0.2, 0) is 23.9 Å². The second-order valence-corrected chi connectivity index (χ2v) is 10.3. The van der Waals surface area contributed by atoms with Gasteiger partial charge >= 0.3 is 11.9 Å². The van der Waals surface area contributed by atoms with Gasteiger partial charge in [-0.1, -0.05) is 69.7 Å². The molecule has 41 heavy (non-hydrogen) atoms. The molecule has 0 aliphatic heterocycles. The number of nitrogens with one attached hydrogen (secondary N) is 1. The zero-order valence-corrected chi connectivity index (χ0v) is 24.1. The maximum absolute atomic E-state index is 13.1. The van der Waals surface area contributed by atoms with Crippen molar-refractivity contribution in [2.75, 3.05) is 13.2 Å². The number of pyridine rings is 1. The van der Waals surface area contributed by atoms with E-state index in [0.29, 0.717) is 31.6 Å². The number of primary amides is 1. The van der Waals surface area contributed by atoms with E-state index in [4.69, 9.17) is 20.3 Å². The van der Waals surface area contributed by atoms with E-state index in [9.17, 15) is 19.2 Å². The van der Waals surface area contributed by atoms with Gasteiger partial charge in [0.15, 0.2) is 0 Å². The number of aromatic nitrogens is 1. The van der Waals surface area contributed by atoms with E-state index in [0.717, 1.165) is 18.2 Å². The Morgan fingerprint density at radius 2 is 1.61 bits per heavy atom. The van der Waals surface area contributed by atoms with Crippen LogP contribution in [0.1, 0.15) is 101 Å². The van der Waals surface area contributed by atoms with Crippen molar-refractivity contribution in [1.29, 1.82) is 0 Å². The number of carbonyl (C=O) groups excluding carboxylic acids is 3. The molecular formula is C31H45N3O7. The van der Waals surface area contributed by atoms with Crippen molar-refractivity contribution < 1.29 is 33.8 Å². The van der Waals surface area contributed by atoms with E-state index in [1.165, 1.54) is 32.1 Å². The summed E-state index contributed by atoms with van der Waals surface area (Å²) in [6, 6.07) is 9.52. The monoisotopic (exact) mass is 571 g/mol. The molecule has 0 bridgehead atoms. The molecule has 0 spiro atoms. The number of carboxylic acid groups (broad SMARTS) is 1. The number of aliphatic carboxylic acids is 1. The van der Waals surface area contributed by atoms with Crippen LogP contribution in [0, 0.1) is 0 Å². The Bertz CT molecular complexity index is 1110. The predicted octanol–water partition coefficient (Wildman–Crippen LogP) is 4.92. The summed E-state index contributed by atoms with van der Waals surface area (Å²) >= 11 is 0. The summed E-state index contributed by atoms with van der Waals surface area (Å²) in [5.41, 5.74) is 6.13. The lowest BCUT2D eigenvalue weighted by atomic mass is 10.1. The summed E-state index contributed by atoms with van der Waals surface area (Å²) in [6.07, 6.45) is 8.41. The van der Waals surface area contributed by atoms with Crippen LogP contribution in [-0.4, -0.2) is 59.2 Å². The molecule has 2 atom stereocenters. The number of carbonyl (C=O) groups is 4. The van der Waals surface area contributed by atoms with Crippen LogP contribution in [0.2, 0.25) is 0 Å². The van der Waals surface area contributed by atoms with Crippen molar-refractivity contribution >= 4 is 34.7 Å². The van der Waals surface area contributed by atoms with Crippen molar-refractivity contribution in [2.45, 2.75) is 103 Å². The Balaban J connectivity index is 1.90. The SMILES string of the molecule is CCCCCCCCCOCCC[C@@H](CC(N)=O)OC(=O)[C@H](CCCC(=O)O)NC(=O)c1ccc2ccccc2n1. The molecule has 1 aromatic carbocycles. The molecule has 0 saturated heterocycles. The number of rotatable bonds is 22. The first-order valence-corrected chi connectivity index (χ1v) is 14.7. The average Bonchev–Trinajstić information content (AvgIpc) is 2.94. The number of fused-ring (bicyclic) bond motifs is 1. The third-order valence-electron chi connectivity index (χ3n) is 6.72. The fourth-order valence-corrected chi connectivity index (χ4v) is 4.48. The zero-order chi connectivity index (χ0) is 29.9. The maximum atomic E-state index is 13.1. The zero-order valence-electron chi connectivity index (χ0n) is 24.1. The van der Waals surface area contributed by atoms with Gasteiger partial charge in [0.2, 0.25) is 5.91 Å². The third kappa shape index (κ3) is 14.1. The number of hydrogen-bond donors (Lipinski definition) is 3. The Morgan fingerprint density at radius 3 is 2.34 bits per heavy atom. The fraction of sp³-hybridized carbons (Fsp3) is 0.581. The number of benzene rings is 1. The summed E-state index contributed by atoms with van der Waals surface area (Å²) in [5.74, 6) is -2.96. The van der Waals surface area contributed by atoms with Crippen molar-refractivity contribution in [2.24, 2.45) is 5.73 Å². The normalized spacial score (nSPS) is 12.5. The van der Waals surface area contributed by atoms with Crippen molar-refractivity contribution in [1.82, 2.24) is 10.3 Å². The quantitative estimate of drug-likeness (QED) is 0.133. The number of nitrogens with two attached hydrogens (primary N) is 1. The Morgan fingerprint density at radius 1 is 0.902 bits per heavy atom. The van der Waals surface area contributed by atoms with E-state index < -0.39 is 35.9 Å². The van der Waals surface area contributed by atoms with Crippen LogP contribution in [0.3, 0.4) is 0 Å². The molecule has 0 radical (unpaired) electrons. The Labute approximate surface area is 242 Å². The van der Waals surface area contributed by atoms with E-state index in [1.807, 2.05) is 18.2 Å². The number of nitrogens with zero attached hydrogens (tertiary/aromatic N) is 1. The second kappa shape index (κ2) is 19.5. The highest BCUT2D eigenvalue weighted by Gasteiger charge is 2.27. The lowest BCUT2D eigenvalue weighted by molar-refractivity contribution is -0.153. The molecule has 2 rings (SSSR count). The molecule has 0 aliphatic carbocycles. The second-order valence-electron chi connectivity index (χ2n) is 10.3. The minimum Gasteiger partial charge on any atom is -0.481 e. The highest BCUT2D eigenvalue weighted by atomic mass is 16.5. The van der Waals surface area contributed by atoms with Crippen molar-refractivity contribution in [3.8, 4) is 0 Å². The van der Waals surface area contributed by atoms with Gasteiger partial charge in [0.25, 0.3) is 5.91 Å². The van der Waals surface area contributed by atoms with Gasteiger partial charge in [-0.25, -0.2) is 9.78 Å². The summed E-state index contributed by atoms with van der Waals surface area (Å²) in [5, 5.41) is 12.5. The molecular weight excluding hydrogens is 526 g/mol. The van der Waals surface area contributed by atoms with Gasteiger partial charge in [0.05, 0.1) is 11.9 Å². The first-order valence-electron chi connectivity index (χ1n) is 14.7. The van der Waals surface area contributed by atoms with Gasteiger partial charge in [-0.15, -0.1) is 0 Å². The van der Waals surface area contributed by atoms with Crippen molar-refractivity contribution in [3.63, 3.8) is 0 Å². The topological polar surface area (TPSA) is 158 Å². The van der Waals surface area contributed by atoms with Gasteiger partial charge in [-0.3, -0.25) is 14.4 Å². The summed E-state index contributed by atoms with van der Waals surface area (Å²) < 4.78 is 11.3. The average molecular weight is 572 g/mol. The molecule has 2 aromatic rings. The Kier molecular flexibility index (Phi) is 16.0. The molecule has 1 aromatic heterocycles. The first kappa shape index (κ1) is 33.7. The number of para-hydroxylation sites is 1. The van der Waals surface area contributed by atoms with Gasteiger partial charge in [-0.2, -0.15) is 0 Å². The van der Waals surface area contributed by atoms with Crippen LogP contribution in [0.15, 0.2) is 36.4 Å². The highest BCUT2D eigenvalue weighted by Crippen LogP contribution is 2.15. The summed E-state index contributed by atoms with van der Waals surface area (Å²) in [6.45, 7) is 3.33. The predicted molar refractivity (Wildman–Crippen MR) is 156 cm³/mol. The molecule has 2 amide bonds. The van der Waals surface area contributed by atoms with Gasteiger partial charge in [0.1, 0.15) is 17.8 Å². The standard InChI is InChI=1S/C31H45N3O7/c1-2-3-4-5-6-7-10-20-40-21-12-14-24(22-28(32)35)41-31(39)27(16-11-17-29(36)37)34-30(38)26-19-18-23-13-8-9-15-25(23)33-26/h8-9,13,15,18-19,24,27H,2-7,10-12,14,16-17,20-22H2,1H3,(H2,32,35)(H,34,38)(H,36,37)/t24-,27-/m0/s1. The molecule has 1 heterocycles. The van der Waals surface area contributed by atoms with Gasteiger partial charge < -0.3 is 25.6 Å². The molecule has 0 unspecified atom stereocenters. The van der Waals surface area contributed by atoms with Crippen LogP contribution < -0.4 is 11.1 Å². The van der Waals surface area contributed by atoms with Crippen LogP contribution in [0.5, 0.6) is 0 Å². The van der Waals surface area contributed by atoms with Gasteiger partial charge in [0, 0.05) is 25.0 Å². The smallest absolute Gasteiger partial charge is 0.328 e.